The molecular weight excluding hydrogens is 270 g/mol. The van der Waals surface area contributed by atoms with Gasteiger partial charge in [-0.25, -0.2) is 0 Å². The van der Waals surface area contributed by atoms with Crippen LogP contribution in [0.3, 0.4) is 0 Å². The van der Waals surface area contributed by atoms with Gasteiger partial charge in [-0.2, -0.15) is 5.10 Å². The van der Waals surface area contributed by atoms with Crippen LogP contribution < -0.4 is 5.32 Å². The highest BCUT2D eigenvalue weighted by Crippen LogP contribution is 2.21. The summed E-state index contributed by atoms with van der Waals surface area (Å²) in [7, 11) is 1.70. The number of aromatic nitrogens is 2. The Labute approximate surface area is 116 Å². The summed E-state index contributed by atoms with van der Waals surface area (Å²) >= 11 is 7.49. The van der Waals surface area contributed by atoms with Crippen LogP contribution in [0.25, 0.3) is 0 Å². The first-order chi connectivity index (χ1) is 8.78. The fourth-order valence-electron chi connectivity index (χ4n) is 1.57. The lowest BCUT2D eigenvalue weighted by molar-refractivity contribution is 0.199. The van der Waals surface area contributed by atoms with E-state index in [-0.39, 0.29) is 0 Å². The predicted octanol–water partition coefficient (Wildman–Crippen LogP) is 2.38. The molecule has 0 amide bonds. The number of ether oxygens (including phenoxy) is 1. The molecule has 6 heteroatoms. The second-order valence-corrected chi connectivity index (χ2v) is 5.68. The zero-order chi connectivity index (χ0) is 12.8. The number of hydrogen-bond donors (Lipinski definition) is 1. The highest BCUT2D eigenvalue weighted by atomic mass is 35.5. The van der Waals surface area contributed by atoms with Crippen LogP contribution in [0.15, 0.2) is 24.4 Å². The second kappa shape index (κ2) is 6.89. The summed E-state index contributed by atoms with van der Waals surface area (Å²) in [5, 5.41) is 7.75. The van der Waals surface area contributed by atoms with E-state index in [0.717, 1.165) is 29.7 Å². The van der Waals surface area contributed by atoms with Crippen LogP contribution in [0.1, 0.15) is 10.6 Å². The van der Waals surface area contributed by atoms with Crippen LogP contribution in [0, 0.1) is 0 Å². The van der Waals surface area contributed by atoms with E-state index in [9.17, 15) is 0 Å². The predicted molar refractivity (Wildman–Crippen MR) is 74.2 cm³/mol. The van der Waals surface area contributed by atoms with Gasteiger partial charge in [-0.15, -0.1) is 11.3 Å². The van der Waals surface area contributed by atoms with Crippen molar-refractivity contribution in [2.75, 3.05) is 20.3 Å². The molecule has 0 aliphatic rings. The molecule has 4 nitrogen and oxygen atoms in total. The standard InChI is InChI=1S/C12H16ClN3OS/c1-17-7-5-14-8-10-4-6-16(15-10)9-11-2-3-12(13)18-11/h2-4,6,14H,5,7-9H2,1H3. The molecule has 1 N–H and O–H groups in total. The minimum absolute atomic E-state index is 0.717. The lowest BCUT2D eigenvalue weighted by Crippen LogP contribution is -2.19. The monoisotopic (exact) mass is 285 g/mol. The molecule has 2 heterocycles. The van der Waals surface area contributed by atoms with Gasteiger partial charge < -0.3 is 10.1 Å². The first kappa shape index (κ1) is 13.5. The van der Waals surface area contributed by atoms with E-state index >= 15 is 0 Å². The molecular formula is C12H16ClN3OS. The van der Waals surface area contributed by atoms with E-state index in [1.807, 2.05) is 29.1 Å². The van der Waals surface area contributed by atoms with E-state index < -0.39 is 0 Å². The number of halogens is 1. The highest BCUT2D eigenvalue weighted by molar-refractivity contribution is 7.16. The number of rotatable bonds is 7. The van der Waals surface area contributed by atoms with Gasteiger partial charge in [-0.1, -0.05) is 11.6 Å². The fourth-order valence-corrected chi connectivity index (χ4v) is 2.65. The van der Waals surface area contributed by atoms with Crippen molar-refractivity contribution in [3.63, 3.8) is 0 Å². The number of hydrogen-bond acceptors (Lipinski definition) is 4. The first-order valence-corrected chi connectivity index (χ1v) is 6.93. The number of methoxy groups -OCH3 is 1. The lowest BCUT2D eigenvalue weighted by Gasteiger charge is -2.01. The number of nitrogens with one attached hydrogen (secondary N) is 1. The average molecular weight is 286 g/mol. The van der Waals surface area contributed by atoms with E-state index in [2.05, 4.69) is 10.4 Å². The minimum atomic E-state index is 0.717. The van der Waals surface area contributed by atoms with Crippen molar-refractivity contribution >= 4 is 22.9 Å². The largest absolute Gasteiger partial charge is 0.383 e. The van der Waals surface area contributed by atoms with Gasteiger partial charge >= 0.3 is 0 Å². The molecule has 0 bridgehead atoms. The molecule has 0 fully saturated rings. The summed E-state index contributed by atoms with van der Waals surface area (Å²) in [5.74, 6) is 0. The highest BCUT2D eigenvalue weighted by Gasteiger charge is 2.02. The van der Waals surface area contributed by atoms with E-state index in [1.54, 1.807) is 18.4 Å². The Hall–Kier alpha value is -0.880. The Morgan fingerprint density at radius 2 is 2.33 bits per heavy atom. The Bertz CT molecular complexity index is 483. The lowest BCUT2D eigenvalue weighted by atomic mass is 10.4. The van der Waals surface area contributed by atoms with Crippen molar-refractivity contribution in [2.24, 2.45) is 0 Å². The van der Waals surface area contributed by atoms with Crippen LogP contribution in [0.5, 0.6) is 0 Å². The van der Waals surface area contributed by atoms with Gasteiger partial charge in [0.15, 0.2) is 0 Å². The third-order valence-electron chi connectivity index (χ3n) is 2.43. The summed E-state index contributed by atoms with van der Waals surface area (Å²) in [6.07, 6.45) is 1.99. The topological polar surface area (TPSA) is 39.1 Å². The minimum Gasteiger partial charge on any atom is -0.383 e. The van der Waals surface area contributed by atoms with Crippen LogP contribution in [0.2, 0.25) is 4.34 Å². The zero-order valence-electron chi connectivity index (χ0n) is 10.2. The third-order valence-corrected chi connectivity index (χ3v) is 3.65. The maximum atomic E-state index is 5.90. The van der Waals surface area contributed by atoms with Gasteiger partial charge in [-0.3, -0.25) is 4.68 Å². The van der Waals surface area contributed by atoms with Gasteiger partial charge in [0.25, 0.3) is 0 Å². The number of nitrogens with zero attached hydrogens (tertiary/aromatic N) is 2. The summed E-state index contributed by atoms with van der Waals surface area (Å²) in [6, 6.07) is 5.97. The molecule has 18 heavy (non-hydrogen) atoms. The van der Waals surface area contributed by atoms with Gasteiger partial charge in [0, 0.05) is 31.3 Å². The molecule has 0 saturated carbocycles. The molecule has 2 aromatic rings. The van der Waals surface area contributed by atoms with Crippen molar-refractivity contribution in [1.29, 1.82) is 0 Å². The molecule has 2 rings (SSSR count). The van der Waals surface area contributed by atoms with Crippen molar-refractivity contribution < 1.29 is 4.74 Å². The molecule has 0 aliphatic heterocycles. The van der Waals surface area contributed by atoms with Crippen LogP contribution in [-0.4, -0.2) is 30.0 Å². The molecule has 0 spiro atoms. The van der Waals surface area contributed by atoms with Gasteiger partial charge in [0.2, 0.25) is 0 Å². The zero-order valence-corrected chi connectivity index (χ0v) is 11.8. The Morgan fingerprint density at radius 3 is 3.06 bits per heavy atom. The van der Waals surface area contributed by atoms with Crippen molar-refractivity contribution in [2.45, 2.75) is 13.1 Å². The number of thiophene rings is 1. The van der Waals surface area contributed by atoms with E-state index in [1.165, 1.54) is 4.88 Å². The summed E-state index contributed by atoms with van der Waals surface area (Å²) in [5.41, 5.74) is 1.04. The van der Waals surface area contributed by atoms with E-state index in [0.29, 0.717) is 6.61 Å². The maximum absolute atomic E-state index is 5.90. The van der Waals surface area contributed by atoms with Crippen LogP contribution in [-0.2, 0) is 17.8 Å². The summed E-state index contributed by atoms with van der Waals surface area (Å²) < 4.78 is 7.71. The molecule has 0 unspecified atom stereocenters. The quantitative estimate of drug-likeness (QED) is 0.794. The Kier molecular flexibility index (Phi) is 5.19. The molecule has 0 radical (unpaired) electrons. The third kappa shape index (κ3) is 4.10. The molecule has 2 aromatic heterocycles. The van der Waals surface area contributed by atoms with Crippen molar-refractivity contribution in [3.8, 4) is 0 Å². The average Bonchev–Trinajstić information content (AvgIpc) is 2.95. The van der Waals surface area contributed by atoms with Crippen molar-refractivity contribution in [3.05, 3.63) is 39.3 Å². The molecule has 0 atom stereocenters. The van der Waals surface area contributed by atoms with Gasteiger partial charge in [0.05, 0.1) is 23.2 Å². The van der Waals surface area contributed by atoms with Crippen LogP contribution >= 0.6 is 22.9 Å². The molecule has 98 valence electrons. The summed E-state index contributed by atoms with van der Waals surface area (Å²) in [4.78, 5) is 1.21. The smallest absolute Gasteiger partial charge is 0.0931 e. The van der Waals surface area contributed by atoms with Gasteiger partial charge in [-0.05, 0) is 18.2 Å². The normalized spacial score (nSPS) is 11.0. The SMILES string of the molecule is COCCNCc1ccn(Cc2ccc(Cl)s2)n1. The van der Waals surface area contributed by atoms with E-state index in [4.69, 9.17) is 16.3 Å². The second-order valence-electron chi connectivity index (χ2n) is 3.88. The van der Waals surface area contributed by atoms with Crippen LogP contribution in [0.4, 0.5) is 0 Å². The molecule has 0 aliphatic carbocycles. The fraction of sp³-hybridized carbons (Fsp3) is 0.417. The maximum Gasteiger partial charge on any atom is 0.0931 e. The molecule has 0 saturated heterocycles. The Morgan fingerprint density at radius 1 is 1.44 bits per heavy atom. The summed E-state index contributed by atoms with van der Waals surface area (Å²) in [6.45, 7) is 3.09. The molecule has 0 aromatic carbocycles. The first-order valence-electron chi connectivity index (χ1n) is 5.74. The van der Waals surface area contributed by atoms with Crippen molar-refractivity contribution in [1.82, 2.24) is 15.1 Å². The Balaban J connectivity index is 1.82. The van der Waals surface area contributed by atoms with Gasteiger partial charge in [0.1, 0.15) is 0 Å².